The van der Waals surface area contributed by atoms with Crippen LogP contribution in [0.3, 0.4) is 0 Å². The van der Waals surface area contributed by atoms with Crippen molar-refractivity contribution in [3.63, 3.8) is 0 Å². The fourth-order valence-corrected chi connectivity index (χ4v) is 1.21. The maximum Gasteiger partial charge on any atom is 0.374 e. The molecule has 0 unspecified atom stereocenters. The van der Waals surface area contributed by atoms with Crippen molar-refractivity contribution >= 4 is 11.9 Å². The van der Waals surface area contributed by atoms with Crippen molar-refractivity contribution in [1.29, 1.82) is 0 Å². The minimum atomic E-state index is -0.615. The van der Waals surface area contributed by atoms with Gasteiger partial charge in [-0.1, -0.05) is 13.8 Å². The summed E-state index contributed by atoms with van der Waals surface area (Å²) in [6.45, 7) is 14.5. The number of esters is 2. The highest BCUT2D eigenvalue weighted by Gasteiger charge is 2.24. The number of furan rings is 1. The molecule has 0 amide bonds. The van der Waals surface area contributed by atoms with Crippen LogP contribution in [0, 0.1) is 0 Å². The van der Waals surface area contributed by atoms with Crippen LogP contribution in [-0.4, -0.2) is 23.1 Å². The Morgan fingerprint density at radius 3 is 1.33 bits per heavy atom. The fourth-order valence-electron chi connectivity index (χ4n) is 1.21. The Morgan fingerprint density at radius 1 is 0.810 bits per heavy atom. The van der Waals surface area contributed by atoms with E-state index in [9.17, 15) is 9.59 Å². The van der Waals surface area contributed by atoms with E-state index in [0.29, 0.717) is 0 Å². The molecule has 0 bridgehead atoms. The number of carbonyl (C=O) groups is 2. The third-order valence-corrected chi connectivity index (χ3v) is 1.81. The third kappa shape index (κ3) is 7.54. The molecular formula is C16H26O5. The average Bonchev–Trinajstić information content (AvgIpc) is 2.76. The van der Waals surface area contributed by atoms with E-state index in [-0.39, 0.29) is 11.5 Å². The molecule has 0 saturated carbocycles. The van der Waals surface area contributed by atoms with E-state index in [1.54, 1.807) is 41.5 Å². The summed E-state index contributed by atoms with van der Waals surface area (Å²) in [7, 11) is 0. The van der Waals surface area contributed by atoms with Crippen molar-refractivity contribution < 1.29 is 23.5 Å². The molecule has 5 nitrogen and oxygen atoms in total. The zero-order valence-electron chi connectivity index (χ0n) is 14.2. The predicted octanol–water partition coefficient (Wildman–Crippen LogP) is 4.22. The van der Waals surface area contributed by atoms with Crippen LogP contribution in [0.15, 0.2) is 16.5 Å². The fraction of sp³-hybridized carbons (Fsp3) is 0.625. The Hall–Kier alpha value is -1.78. The number of carbonyl (C=O) groups excluding carboxylic acids is 2. The van der Waals surface area contributed by atoms with Gasteiger partial charge in [0.1, 0.15) is 11.2 Å². The van der Waals surface area contributed by atoms with E-state index in [1.165, 1.54) is 12.1 Å². The van der Waals surface area contributed by atoms with Gasteiger partial charge < -0.3 is 13.9 Å². The van der Waals surface area contributed by atoms with Gasteiger partial charge in [-0.05, 0) is 53.7 Å². The molecule has 21 heavy (non-hydrogen) atoms. The van der Waals surface area contributed by atoms with Crippen LogP contribution in [0.2, 0.25) is 0 Å². The second kappa shape index (κ2) is 7.29. The highest BCUT2D eigenvalue weighted by molar-refractivity contribution is 5.91. The zero-order chi connectivity index (χ0) is 16.8. The van der Waals surface area contributed by atoms with Gasteiger partial charge in [-0.15, -0.1) is 0 Å². The lowest BCUT2D eigenvalue weighted by Crippen LogP contribution is -2.24. The summed E-state index contributed by atoms with van der Waals surface area (Å²) in [6, 6.07) is 2.79. The highest BCUT2D eigenvalue weighted by atomic mass is 16.6. The molecule has 0 radical (unpaired) electrons. The lowest BCUT2D eigenvalue weighted by molar-refractivity contribution is 0.000738. The first-order chi connectivity index (χ1) is 9.48. The molecule has 0 saturated heterocycles. The molecule has 1 aromatic rings. The van der Waals surface area contributed by atoms with Crippen molar-refractivity contribution in [3.05, 3.63) is 23.7 Å². The number of hydrogen-bond donors (Lipinski definition) is 0. The highest BCUT2D eigenvalue weighted by Crippen LogP contribution is 2.17. The van der Waals surface area contributed by atoms with Crippen molar-refractivity contribution in [3.8, 4) is 0 Å². The van der Waals surface area contributed by atoms with Crippen LogP contribution < -0.4 is 0 Å². The van der Waals surface area contributed by atoms with Crippen molar-refractivity contribution in [1.82, 2.24) is 0 Å². The monoisotopic (exact) mass is 298 g/mol. The summed E-state index contributed by atoms with van der Waals surface area (Å²) in [4.78, 5) is 23.4. The van der Waals surface area contributed by atoms with Crippen LogP contribution in [0.25, 0.3) is 0 Å². The zero-order valence-corrected chi connectivity index (χ0v) is 14.2. The van der Waals surface area contributed by atoms with Crippen LogP contribution in [0.5, 0.6) is 0 Å². The molecule has 0 spiro atoms. The van der Waals surface area contributed by atoms with Crippen molar-refractivity contribution in [2.24, 2.45) is 0 Å². The lowest BCUT2D eigenvalue weighted by Gasteiger charge is -2.19. The summed E-state index contributed by atoms with van der Waals surface area (Å²) in [6.07, 6.45) is 0. The van der Waals surface area contributed by atoms with Crippen LogP contribution in [-0.2, 0) is 9.47 Å². The summed E-state index contributed by atoms with van der Waals surface area (Å²) >= 11 is 0. The van der Waals surface area contributed by atoms with Gasteiger partial charge in [-0.3, -0.25) is 0 Å². The molecule has 0 N–H and O–H groups in total. The van der Waals surface area contributed by atoms with Gasteiger partial charge in [0, 0.05) is 0 Å². The molecule has 0 aliphatic carbocycles. The number of hydrogen-bond acceptors (Lipinski definition) is 5. The summed E-state index contributed by atoms with van der Waals surface area (Å²) in [5, 5.41) is 0. The second-order valence-electron chi connectivity index (χ2n) is 6.17. The van der Waals surface area contributed by atoms with Gasteiger partial charge in [0.25, 0.3) is 0 Å². The van der Waals surface area contributed by atoms with Gasteiger partial charge in [0.15, 0.2) is 0 Å². The van der Waals surface area contributed by atoms with Gasteiger partial charge in [0.2, 0.25) is 11.5 Å². The molecule has 0 atom stereocenters. The summed E-state index contributed by atoms with van der Waals surface area (Å²) < 4.78 is 15.4. The molecule has 1 rings (SSSR count). The van der Waals surface area contributed by atoms with Crippen LogP contribution in [0.1, 0.15) is 76.5 Å². The Balaban J connectivity index is 0.00000191. The summed E-state index contributed by atoms with van der Waals surface area (Å²) in [5.74, 6) is -1.25. The average molecular weight is 298 g/mol. The quantitative estimate of drug-likeness (QED) is 0.765. The number of rotatable bonds is 2. The standard InChI is InChI=1S/C14H20O5.C2H6/c1-13(2,3)18-11(15)9-7-8-10(17-9)12(16)19-14(4,5)6;1-2/h7-8H,1-6H3;1-2H3. The van der Waals surface area contributed by atoms with Crippen LogP contribution in [0.4, 0.5) is 0 Å². The smallest absolute Gasteiger partial charge is 0.374 e. The van der Waals surface area contributed by atoms with E-state index < -0.39 is 23.1 Å². The molecule has 0 fully saturated rings. The molecule has 5 heteroatoms. The predicted molar refractivity (Wildman–Crippen MR) is 80.4 cm³/mol. The van der Waals surface area contributed by atoms with E-state index in [4.69, 9.17) is 13.9 Å². The maximum absolute atomic E-state index is 11.7. The second-order valence-corrected chi connectivity index (χ2v) is 6.17. The van der Waals surface area contributed by atoms with Gasteiger partial charge in [0.05, 0.1) is 0 Å². The molecule has 0 aliphatic heterocycles. The maximum atomic E-state index is 11.7. The first-order valence-corrected chi connectivity index (χ1v) is 7.04. The first-order valence-electron chi connectivity index (χ1n) is 7.04. The molecule has 120 valence electrons. The topological polar surface area (TPSA) is 65.7 Å². The molecular weight excluding hydrogens is 272 g/mol. The van der Waals surface area contributed by atoms with Crippen molar-refractivity contribution in [2.45, 2.75) is 66.6 Å². The Labute approximate surface area is 126 Å². The van der Waals surface area contributed by atoms with Gasteiger partial charge in [-0.2, -0.15) is 0 Å². The van der Waals surface area contributed by atoms with Gasteiger partial charge in [-0.25, -0.2) is 9.59 Å². The van der Waals surface area contributed by atoms with E-state index >= 15 is 0 Å². The first kappa shape index (κ1) is 19.2. The van der Waals surface area contributed by atoms with E-state index in [2.05, 4.69) is 0 Å². The van der Waals surface area contributed by atoms with Gasteiger partial charge >= 0.3 is 11.9 Å². The SMILES string of the molecule is CC.CC(C)(C)OC(=O)c1ccc(C(=O)OC(C)(C)C)o1. The largest absolute Gasteiger partial charge is 0.454 e. The van der Waals surface area contributed by atoms with Crippen LogP contribution >= 0.6 is 0 Å². The lowest BCUT2D eigenvalue weighted by atomic mass is 10.2. The minimum Gasteiger partial charge on any atom is -0.454 e. The van der Waals surface area contributed by atoms with E-state index in [0.717, 1.165) is 0 Å². The minimum absolute atomic E-state index is 0.0178. The molecule has 0 aromatic carbocycles. The normalized spacial score (nSPS) is 11.2. The van der Waals surface area contributed by atoms with E-state index in [1.807, 2.05) is 13.8 Å². The molecule has 1 aromatic heterocycles. The number of ether oxygens (including phenoxy) is 2. The molecule has 0 aliphatic rings. The Bertz CT molecular complexity index is 429. The Morgan fingerprint density at radius 2 is 1.10 bits per heavy atom. The van der Waals surface area contributed by atoms with Crippen molar-refractivity contribution in [2.75, 3.05) is 0 Å². The third-order valence-electron chi connectivity index (χ3n) is 1.81. The molecule has 1 heterocycles. The Kier molecular flexibility index (Phi) is 6.67. The summed E-state index contributed by atoms with van der Waals surface area (Å²) in [5.41, 5.74) is -1.23.